The van der Waals surface area contributed by atoms with E-state index in [1.54, 1.807) is 31.2 Å². The Morgan fingerprint density at radius 2 is 1.46 bits per heavy atom. The highest BCUT2D eigenvalue weighted by molar-refractivity contribution is 7.92. The van der Waals surface area contributed by atoms with Crippen LogP contribution in [-0.2, 0) is 26.2 Å². The average Bonchev–Trinajstić information content (AvgIpc) is 2.90. The van der Waals surface area contributed by atoms with Gasteiger partial charge in [0.05, 0.1) is 10.6 Å². The second-order valence-corrected chi connectivity index (χ2v) is 12.3. The van der Waals surface area contributed by atoms with Crippen LogP contribution < -0.4 is 9.62 Å². The average molecular weight is 550 g/mol. The van der Waals surface area contributed by atoms with Gasteiger partial charge in [0.2, 0.25) is 11.8 Å². The molecule has 39 heavy (non-hydrogen) atoms. The lowest BCUT2D eigenvalue weighted by atomic mass is 10.1. The van der Waals surface area contributed by atoms with Crippen LogP contribution in [0.4, 0.5) is 5.69 Å². The molecule has 2 amide bonds. The zero-order valence-corrected chi connectivity index (χ0v) is 24.5. The molecule has 0 aliphatic rings. The summed E-state index contributed by atoms with van der Waals surface area (Å²) in [5.74, 6) is -0.506. The smallest absolute Gasteiger partial charge is 0.264 e. The number of sulfonamides is 1. The first-order valence-electron chi connectivity index (χ1n) is 13.2. The fourth-order valence-corrected chi connectivity index (χ4v) is 5.74. The Balaban J connectivity index is 2.03. The van der Waals surface area contributed by atoms with E-state index in [0.29, 0.717) is 12.2 Å². The topological polar surface area (TPSA) is 86.8 Å². The van der Waals surface area contributed by atoms with Crippen LogP contribution in [0.1, 0.15) is 43.0 Å². The van der Waals surface area contributed by atoms with Crippen LogP contribution in [0.25, 0.3) is 0 Å². The minimum Gasteiger partial charge on any atom is -0.354 e. The maximum Gasteiger partial charge on any atom is 0.264 e. The maximum absolute atomic E-state index is 14.0. The van der Waals surface area contributed by atoms with Crippen molar-refractivity contribution in [3.63, 3.8) is 0 Å². The van der Waals surface area contributed by atoms with Gasteiger partial charge in [-0.25, -0.2) is 8.42 Å². The lowest BCUT2D eigenvalue weighted by Crippen LogP contribution is -2.51. The Labute approximate surface area is 232 Å². The molecule has 3 aromatic rings. The van der Waals surface area contributed by atoms with E-state index in [0.717, 1.165) is 26.6 Å². The van der Waals surface area contributed by atoms with Gasteiger partial charge in [0.1, 0.15) is 12.6 Å². The number of hydrogen-bond donors (Lipinski definition) is 1. The highest BCUT2D eigenvalue weighted by Gasteiger charge is 2.33. The normalized spacial score (nSPS) is 12.2. The Bertz CT molecular complexity index is 1390. The molecule has 208 valence electrons. The molecule has 0 saturated carbocycles. The van der Waals surface area contributed by atoms with E-state index in [9.17, 15) is 18.0 Å². The summed E-state index contributed by atoms with van der Waals surface area (Å²) >= 11 is 0. The van der Waals surface area contributed by atoms with Crippen LogP contribution >= 0.6 is 0 Å². The van der Waals surface area contributed by atoms with Crippen LogP contribution in [0.3, 0.4) is 0 Å². The Morgan fingerprint density at radius 3 is 2.05 bits per heavy atom. The largest absolute Gasteiger partial charge is 0.354 e. The van der Waals surface area contributed by atoms with Crippen molar-refractivity contribution in [2.75, 3.05) is 17.4 Å². The predicted molar refractivity (Wildman–Crippen MR) is 156 cm³/mol. The molecule has 8 heteroatoms. The molecule has 0 unspecified atom stereocenters. The predicted octanol–water partition coefficient (Wildman–Crippen LogP) is 5.00. The molecule has 0 aromatic heterocycles. The minimum absolute atomic E-state index is 0.0885. The van der Waals surface area contributed by atoms with E-state index >= 15 is 0 Å². The van der Waals surface area contributed by atoms with Gasteiger partial charge in [-0.3, -0.25) is 13.9 Å². The fourth-order valence-electron chi connectivity index (χ4n) is 4.24. The number of benzene rings is 3. The molecule has 1 N–H and O–H groups in total. The van der Waals surface area contributed by atoms with Crippen molar-refractivity contribution in [3.8, 4) is 0 Å². The van der Waals surface area contributed by atoms with Gasteiger partial charge < -0.3 is 10.2 Å². The first-order valence-corrected chi connectivity index (χ1v) is 14.6. The Morgan fingerprint density at radius 1 is 0.846 bits per heavy atom. The van der Waals surface area contributed by atoms with Gasteiger partial charge in [0, 0.05) is 13.1 Å². The molecule has 0 fully saturated rings. The molecule has 3 aromatic carbocycles. The number of hydrogen-bond acceptors (Lipinski definition) is 4. The summed E-state index contributed by atoms with van der Waals surface area (Å²) in [5.41, 5.74) is 4.06. The zero-order valence-electron chi connectivity index (χ0n) is 23.6. The molecular weight excluding hydrogens is 510 g/mol. The van der Waals surface area contributed by atoms with Gasteiger partial charge in [-0.1, -0.05) is 79.6 Å². The molecular formula is C31H39N3O4S. The second-order valence-electron chi connectivity index (χ2n) is 10.4. The van der Waals surface area contributed by atoms with Crippen LogP contribution in [-0.4, -0.2) is 44.3 Å². The van der Waals surface area contributed by atoms with E-state index in [2.05, 4.69) is 5.32 Å². The summed E-state index contributed by atoms with van der Waals surface area (Å²) in [4.78, 5) is 28.6. The molecule has 0 spiro atoms. The summed E-state index contributed by atoms with van der Waals surface area (Å²) in [7, 11) is -4.08. The number of nitrogens with one attached hydrogen (secondary N) is 1. The van der Waals surface area contributed by atoms with E-state index in [-0.39, 0.29) is 23.3 Å². The lowest BCUT2D eigenvalue weighted by molar-refractivity contribution is -0.139. The van der Waals surface area contributed by atoms with Crippen LogP contribution in [0.2, 0.25) is 0 Å². The van der Waals surface area contributed by atoms with Gasteiger partial charge in [-0.15, -0.1) is 0 Å². The maximum atomic E-state index is 14.0. The van der Waals surface area contributed by atoms with Crippen molar-refractivity contribution < 1.29 is 18.0 Å². The van der Waals surface area contributed by atoms with Crippen molar-refractivity contribution >= 4 is 27.5 Å². The number of amides is 2. The monoisotopic (exact) mass is 549 g/mol. The van der Waals surface area contributed by atoms with Crippen molar-refractivity contribution in [1.29, 1.82) is 0 Å². The summed E-state index contributed by atoms with van der Waals surface area (Å²) in [6.45, 7) is 11.6. The molecule has 1 atom stereocenters. The molecule has 0 aliphatic heterocycles. The summed E-state index contributed by atoms with van der Waals surface area (Å²) in [6, 6.07) is 20.4. The molecule has 0 bridgehead atoms. The number of carbonyl (C=O) groups is 2. The third kappa shape index (κ3) is 7.69. The van der Waals surface area contributed by atoms with Crippen molar-refractivity contribution in [2.24, 2.45) is 5.92 Å². The summed E-state index contributed by atoms with van der Waals surface area (Å²) in [6.07, 6.45) is 0. The van der Waals surface area contributed by atoms with E-state index in [4.69, 9.17) is 0 Å². The quantitative estimate of drug-likeness (QED) is 0.365. The van der Waals surface area contributed by atoms with E-state index < -0.39 is 28.5 Å². The third-order valence-electron chi connectivity index (χ3n) is 6.56. The van der Waals surface area contributed by atoms with Gasteiger partial charge >= 0.3 is 0 Å². The molecule has 7 nitrogen and oxygen atoms in total. The second kappa shape index (κ2) is 12.9. The first-order chi connectivity index (χ1) is 18.4. The molecule has 0 heterocycles. The van der Waals surface area contributed by atoms with Crippen LogP contribution in [0.5, 0.6) is 0 Å². The van der Waals surface area contributed by atoms with Gasteiger partial charge in [0.25, 0.3) is 10.0 Å². The van der Waals surface area contributed by atoms with E-state index in [1.807, 2.05) is 71.0 Å². The van der Waals surface area contributed by atoms with Gasteiger partial charge in [-0.05, 0) is 62.9 Å². The van der Waals surface area contributed by atoms with Crippen LogP contribution in [0, 0.1) is 26.7 Å². The van der Waals surface area contributed by atoms with Crippen LogP contribution in [0.15, 0.2) is 77.7 Å². The van der Waals surface area contributed by atoms with Crippen molar-refractivity contribution in [2.45, 2.75) is 59.0 Å². The minimum atomic E-state index is -4.08. The molecule has 0 saturated heterocycles. The standard InChI is InChI=1S/C31H39N3O4S/c1-22(2)19-32-31(36)26(6)33(20-27-15-12-23(3)13-16-27)30(35)21-34(29-17-14-24(4)18-25(29)5)39(37,38)28-10-8-7-9-11-28/h7-18,22,26H,19-21H2,1-6H3,(H,32,36)/t26-/m0/s1. The number of aryl methyl sites for hydroxylation is 3. The highest BCUT2D eigenvalue weighted by atomic mass is 32.2. The van der Waals surface area contributed by atoms with Gasteiger partial charge in [0.15, 0.2) is 0 Å². The zero-order chi connectivity index (χ0) is 28.7. The Hall–Kier alpha value is -3.65. The molecule has 3 rings (SSSR count). The van der Waals surface area contributed by atoms with Gasteiger partial charge in [-0.2, -0.15) is 0 Å². The number of carbonyl (C=O) groups excluding carboxylic acids is 2. The molecule has 0 radical (unpaired) electrons. The number of rotatable bonds is 11. The SMILES string of the molecule is Cc1ccc(CN(C(=O)CN(c2ccc(C)cc2C)S(=O)(=O)c2ccccc2)[C@@H](C)C(=O)NCC(C)C)cc1. The number of anilines is 1. The van der Waals surface area contributed by atoms with E-state index in [1.165, 1.54) is 17.0 Å². The first kappa shape index (κ1) is 29.9. The Kier molecular flexibility index (Phi) is 9.92. The van der Waals surface area contributed by atoms with Crippen molar-refractivity contribution in [1.82, 2.24) is 10.2 Å². The molecule has 0 aliphatic carbocycles. The highest BCUT2D eigenvalue weighted by Crippen LogP contribution is 2.28. The summed E-state index contributed by atoms with van der Waals surface area (Å²) < 4.78 is 28.9. The third-order valence-corrected chi connectivity index (χ3v) is 8.33. The number of nitrogens with zero attached hydrogens (tertiary/aromatic N) is 2. The van der Waals surface area contributed by atoms with Crippen molar-refractivity contribution in [3.05, 3.63) is 95.1 Å². The fraction of sp³-hybridized carbons (Fsp3) is 0.355. The lowest BCUT2D eigenvalue weighted by Gasteiger charge is -2.32. The summed E-state index contributed by atoms with van der Waals surface area (Å²) in [5, 5.41) is 2.90.